The monoisotopic (exact) mass is 641 g/mol. The highest BCUT2D eigenvalue weighted by atomic mass is 32.1. The highest BCUT2D eigenvalue weighted by Gasteiger charge is 2.20. The summed E-state index contributed by atoms with van der Waals surface area (Å²) in [5.74, 6) is 1.97. The lowest BCUT2D eigenvalue weighted by Crippen LogP contribution is -2.01. The third-order valence-corrected chi connectivity index (χ3v) is 10.7. The summed E-state index contributed by atoms with van der Waals surface area (Å²) in [6.07, 6.45) is 0. The lowest BCUT2D eigenvalue weighted by atomic mass is 9.88. The van der Waals surface area contributed by atoms with Crippen molar-refractivity contribution in [3.8, 4) is 45.3 Å². The Balaban J connectivity index is 1.28. The first kappa shape index (κ1) is 27.8. The van der Waals surface area contributed by atoms with E-state index in [1.807, 2.05) is 18.2 Å². The summed E-state index contributed by atoms with van der Waals surface area (Å²) in [4.78, 5) is 15.7. The Morgan fingerprint density at radius 2 is 0.959 bits per heavy atom. The molecule has 0 saturated heterocycles. The summed E-state index contributed by atoms with van der Waals surface area (Å²) >= 11 is 1.80. The third kappa shape index (κ3) is 4.53. The summed E-state index contributed by atoms with van der Waals surface area (Å²) in [6.45, 7) is 0. The molecule has 0 fully saturated rings. The number of hydrogen-bond donors (Lipinski definition) is 0. The lowest BCUT2D eigenvalue weighted by molar-refractivity contribution is 1.08. The standard InChI is InChI=1S/C45H27N3S/c1-2-14-29(15-3-1)43-46-44(48-45(47-43)37-22-12-24-40-42(37)36-21-10-11-23-39(36)49-40)35-20-9-8-19-33(35)41-32-18-7-5-16-30(32)27-38-31-17-6-4-13-28(31)25-26-34(38)41/h1-27H. The fraction of sp³-hybridized carbons (Fsp3) is 0. The van der Waals surface area contributed by atoms with Crippen LogP contribution in [0.5, 0.6) is 0 Å². The average Bonchev–Trinajstić information content (AvgIpc) is 3.56. The number of fused-ring (bicyclic) bond motifs is 7. The summed E-state index contributed by atoms with van der Waals surface area (Å²) in [6, 6.07) is 58.0. The number of nitrogens with zero attached hydrogens (tertiary/aromatic N) is 3. The molecule has 4 heteroatoms. The minimum absolute atomic E-state index is 0.651. The van der Waals surface area contributed by atoms with Crippen LogP contribution < -0.4 is 0 Å². The van der Waals surface area contributed by atoms with Crippen LogP contribution in [0.25, 0.3) is 97.8 Å². The molecule has 0 aliphatic heterocycles. The van der Waals surface area contributed by atoms with Crippen molar-refractivity contribution in [3.63, 3.8) is 0 Å². The molecule has 10 rings (SSSR count). The number of rotatable bonds is 4. The Kier molecular flexibility index (Phi) is 6.36. The van der Waals surface area contributed by atoms with Crippen molar-refractivity contribution < 1.29 is 0 Å². The molecule has 0 aliphatic carbocycles. The van der Waals surface area contributed by atoms with E-state index in [1.165, 1.54) is 58.1 Å². The van der Waals surface area contributed by atoms with Crippen LogP contribution in [0.2, 0.25) is 0 Å². The predicted molar refractivity (Wildman–Crippen MR) is 207 cm³/mol. The van der Waals surface area contributed by atoms with Gasteiger partial charge in [-0.3, -0.25) is 0 Å². The van der Waals surface area contributed by atoms with Crippen molar-refractivity contribution in [2.45, 2.75) is 0 Å². The maximum Gasteiger partial charge on any atom is 0.164 e. The van der Waals surface area contributed by atoms with E-state index in [0.29, 0.717) is 17.5 Å². The summed E-state index contributed by atoms with van der Waals surface area (Å²) in [5, 5.41) is 9.72. The molecular weight excluding hydrogens is 615 g/mol. The second-order valence-electron chi connectivity index (χ2n) is 12.3. The molecule has 0 saturated carbocycles. The number of hydrogen-bond acceptors (Lipinski definition) is 4. The minimum atomic E-state index is 0.651. The van der Waals surface area contributed by atoms with Gasteiger partial charge >= 0.3 is 0 Å². The van der Waals surface area contributed by atoms with E-state index in [0.717, 1.165) is 22.3 Å². The van der Waals surface area contributed by atoms with Gasteiger partial charge in [-0.15, -0.1) is 11.3 Å². The topological polar surface area (TPSA) is 38.7 Å². The molecule has 0 amide bonds. The Morgan fingerprint density at radius 1 is 0.347 bits per heavy atom. The van der Waals surface area contributed by atoms with Gasteiger partial charge in [0.2, 0.25) is 0 Å². The predicted octanol–water partition coefficient (Wildman–Crippen LogP) is 12.4. The van der Waals surface area contributed by atoms with Crippen molar-refractivity contribution in [1.82, 2.24) is 15.0 Å². The molecule has 0 atom stereocenters. The summed E-state index contributed by atoms with van der Waals surface area (Å²) in [5.41, 5.74) is 5.21. The van der Waals surface area contributed by atoms with E-state index in [9.17, 15) is 0 Å². The van der Waals surface area contributed by atoms with Crippen LogP contribution in [0.4, 0.5) is 0 Å². The molecule has 0 radical (unpaired) electrons. The molecule has 8 aromatic carbocycles. The number of benzene rings is 8. The number of aromatic nitrogens is 3. The molecule has 49 heavy (non-hydrogen) atoms. The van der Waals surface area contributed by atoms with Gasteiger partial charge in [0.1, 0.15) is 0 Å². The highest BCUT2D eigenvalue weighted by molar-refractivity contribution is 7.25. The van der Waals surface area contributed by atoms with Gasteiger partial charge in [0, 0.05) is 36.9 Å². The second-order valence-corrected chi connectivity index (χ2v) is 13.4. The first-order valence-electron chi connectivity index (χ1n) is 16.5. The van der Waals surface area contributed by atoms with E-state index >= 15 is 0 Å². The Labute approximate surface area is 286 Å². The molecule has 228 valence electrons. The van der Waals surface area contributed by atoms with Crippen LogP contribution in [0.3, 0.4) is 0 Å². The zero-order chi connectivity index (χ0) is 32.3. The average molecular weight is 642 g/mol. The quantitative estimate of drug-likeness (QED) is 0.142. The normalized spacial score (nSPS) is 11.7. The number of thiophene rings is 1. The third-order valence-electron chi connectivity index (χ3n) is 9.52. The van der Waals surface area contributed by atoms with E-state index < -0.39 is 0 Å². The molecule has 0 bridgehead atoms. The lowest BCUT2D eigenvalue weighted by Gasteiger charge is -2.17. The fourth-order valence-corrected chi connectivity index (χ4v) is 8.43. The smallest absolute Gasteiger partial charge is 0.164 e. The molecule has 0 spiro atoms. The van der Waals surface area contributed by atoms with Gasteiger partial charge in [0.05, 0.1) is 0 Å². The first-order valence-corrected chi connectivity index (χ1v) is 17.3. The van der Waals surface area contributed by atoms with Gasteiger partial charge in [0.25, 0.3) is 0 Å². The molecule has 0 N–H and O–H groups in total. The minimum Gasteiger partial charge on any atom is -0.208 e. The zero-order valence-corrected chi connectivity index (χ0v) is 27.2. The SMILES string of the molecule is c1ccc(-c2nc(-c3ccccc3-c3c4ccccc4cc4c3ccc3ccccc34)nc(-c3cccc4sc5ccccc5c34)n2)cc1. The first-order chi connectivity index (χ1) is 24.3. The van der Waals surface area contributed by atoms with Crippen LogP contribution in [0.1, 0.15) is 0 Å². The van der Waals surface area contributed by atoms with E-state index in [-0.39, 0.29) is 0 Å². The fourth-order valence-electron chi connectivity index (χ4n) is 7.30. The van der Waals surface area contributed by atoms with Crippen LogP contribution in [-0.2, 0) is 0 Å². The van der Waals surface area contributed by atoms with Crippen LogP contribution in [0.15, 0.2) is 164 Å². The maximum absolute atomic E-state index is 5.31. The Bertz CT molecular complexity index is 2890. The molecular formula is C45H27N3S. The van der Waals surface area contributed by atoms with Crippen molar-refractivity contribution in [2.75, 3.05) is 0 Å². The van der Waals surface area contributed by atoms with E-state index in [1.54, 1.807) is 11.3 Å². The van der Waals surface area contributed by atoms with Gasteiger partial charge in [-0.25, -0.2) is 15.0 Å². The Morgan fingerprint density at radius 3 is 1.82 bits per heavy atom. The molecule has 0 unspecified atom stereocenters. The molecule has 3 nitrogen and oxygen atoms in total. The summed E-state index contributed by atoms with van der Waals surface area (Å²) in [7, 11) is 0. The van der Waals surface area contributed by atoms with Gasteiger partial charge in [-0.05, 0) is 61.6 Å². The van der Waals surface area contributed by atoms with Crippen molar-refractivity contribution in [1.29, 1.82) is 0 Å². The molecule has 10 aromatic rings. The van der Waals surface area contributed by atoms with Crippen molar-refractivity contribution in [3.05, 3.63) is 164 Å². The highest BCUT2D eigenvalue weighted by Crippen LogP contribution is 2.44. The molecule has 0 aliphatic rings. The van der Waals surface area contributed by atoms with Crippen molar-refractivity contribution in [2.24, 2.45) is 0 Å². The largest absolute Gasteiger partial charge is 0.208 e. The van der Waals surface area contributed by atoms with E-state index in [2.05, 4.69) is 146 Å². The van der Waals surface area contributed by atoms with Crippen LogP contribution >= 0.6 is 11.3 Å². The summed E-state index contributed by atoms with van der Waals surface area (Å²) < 4.78 is 2.47. The van der Waals surface area contributed by atoms with Gasteiger partial charge in [-0.2, -0.15) is 0 Å². The molecule has 2 aromatic heterocycles. The second kappa shape index (κ2) is 11.2. The van der Waals surface area contributed by atoms with Crippen molar-refractivity contribution >= 4 is 63.8 Å². The van der Waals surface area contributed by atoms with Gasteiger partial charge < -0.3 is 0 Å². The molecule has 2 heterocycles. The van der Waals surface area contributed by atoms with Gasteiger partial charge in [0.15, 0.2) is 17.5 Å². The maximum atomic E-state index is 5.31. The van der Waals surface area contributed by atoms with E-state index in [4.69, 9.17) is 15.0 Å². The van der Waals surface area contributed by atoms with Gasteiger partial charge in [-0.1, -0.05) is 146 Å². The zero-order valence-electron chi connectivity index (χ0n) is 26.3. The van der Waals surface area contributed by atoms with Crippen LogP contribution in [-0.4, -0.2) is 15.0 Å². The Hall–Kier alpha value is -6.23. The van der Waals surface area contributed by atoms with Crippen LogP contribution in [0, 0.1) is 0 Å².